The Morgan fingerprint density at radius 3 is 2.45 bits per heavy atom. The number of hydrogen-bond donors (Lipinski definition) is 1. The molecule has 1 saturated carbocycles. The van der Waals surface area contributed by atoms with Crippen molar-refractivity contribution in [3.05, 3.63) is 30.3 Å². The first-order valence-electron chi connectivity index (χ1n) is 7.97. The van der Waals surface area contributed by atoms with Crippen LogP contribution in [0.25, 0.3) is 0 Å². The van der Waals surface area contributed by atoms with Crippen LogP contribution in [0.15, 0.2) is 30.3 Å². The van der Waals surface area contributed by atoms with Gasteiger partial charge in [0.25, 0.3) is 0 Å². The molecule has 2 N–H and O–H groups in total. The first kappa shape index (κ1) is 15.3. The first-order chi connectivity index (χ1) is 9.79. The number of para-hydroxylation sites is 1. The highest BCUT2D eigenvalue weighted by Crippen LogP contribution is 2.22. The minimum Gasteiger partial charge on any atom is -0.492 e. The van der Waals surface area contributed by atoms with Crippen molar-refractivity contribution in [2.24, 2.45) is 5.73 Å². The van der Waals surface area contributed by atoms with Crippen LogP contribution in [-0.4, -0.2) is 36.7 Å². The zero-order chi connectivity index (χ0) is 14.2. The molecule has 3 heteroatoms. The number of rotatable bonds is 7. The average molecular weight is 276 g/mol. The third kappa shape index (κ3) is 4.80. The zero-order valence-electron chi connectivity index (χ0n) is 12.6. The van der Waals surface area contributed by atoms with Gasteiger partial charge >= 0.3 is 0 Å². The van der Waals surface area contributed by atoms with Crippen LogP contribution < -0.4 is 10.5 Å². The average Bonchev–Trinajstić information content (AvgIpc) is 2.48. The summed E-state index contributed by atoms with van der Waals surface area (Å²) in [5.41, 5.74) is 6.00. The molecule has 1 aliphatic carbocycles. The van der Waals surface area contributed by atoms with Crippen molar-refractivity contribution in [3.8, 4) is 5.75 Å². The number of nitrogens with zero attached hydrogens (tertiary/aromatic N) is 1. The van der Waals surface area contributed by atoms with Gasteiger partial charge in [-0.25, -0.2) is 0 Å². The fraction of sp³-hybridized carbons (Fsp3) is 0.647. The minimum absolute atomic E-state index is 0.426. The van der Waals surface area contributed by atoms with Gasteiger partial charge in [0.05, 0.1) is 0 Å². The van der Waals surface area contributed by atoms with Crippen molar-refractivity contribution in [1.82, 2.24) is 4.90 Å². The molecule has 0 aliphatic heterocycles. The van der Waals surface area contributed by atoms with Crippen LogP contribution in [-0.2, 0) is 0 Å². The molecule has 0 amide bonds. The molecule has 0 radical (unpaired) electrons. The van der Waals surface area contributed by atoms with Crippen molar-refractivity contribution in [3.63, 3.8) is 0 Å². The maximum Gasteiger partial charge on any atom is 0.119 e. The molecule has 2 rings (SSSR count). The molecule has 3 nitrogen and oxygen atoms in total. The third-order valence-electron chi connectivity index (χ3n) is 4.16. The Labute approximate surface area is 123 Å². The summed E-state index contributed by atoms with van der Waals surface area (Å²) in [6, 6.07) is 11.2. The SMILES string of the molecule is CCCN(CCOc1ccccc1)C1CCC(N)CC1. The first-order valence-corrected chi connectivity index (χ1v) is 7.97. The van der Waals surface area contributed by atoms with Crippen molar-refractivity contribution < 1.29 is 4.74 Å². The standard InChI is InChI=1S/C17H28N2O/c1-2-12-19(16-10-8-15(18)9-11-16)13-14-20-17-6-4-3-5-7-17/h3-7,15-16H,2,8-14,18H2,1H3. The summed E-state index contributed by atoms with van der Waals surface area (Å²) in [4.78, 5) is 2.59. The molecule has 1 fully saturated rings. The molecule has 0 atom stereocenters. The largest absolute Gasteiger partial charge is 0.492 e. The Bertz CT molecular complexity index is 361. The van der Waals surface area contributed by atoms with Crippen LogP contribution in [0.5, 0.6) is 5.75 Å². The second-order valence-electron chi connectivity index (χ2n) is 5.77. The molecule has 0 bridgehead atoms. The Kier molecular flexibility index (Phi) is 6.34. The Hall–Kier alpha value is -1.06. The van der Waals surface area contributed by atoms with E-state index in [1.54, 1.807) is 0 Å². The minimum atomic E-state index is 0.426. The molecule has 20 heavy (non-hydrogen) atoms. The summed E-state index contributed by atoms with van der Waals surface area (Å²) in [6.07, 6.45) is 6.03. The van der Waals surface area contributed by atoms with Gasteiger partial charge in [-0.1, -0.05) is 25.1 Å². The summed E-state index contributed by atoms with van der Waals surface area (Å²) in [7, 11) is 0. The van der Waals surface area contributed by atoms with Gasteiger partial charge in [0.15, 0.2) is 0 Å². The molecule has 0 aromatic heterocycles. The highest BCUT2D eigenvalue weighted by molar-refractivity contribution is 5.20. The quantitative estimate of drug-likeness (QED) is 0.832. The number of nitrogens with two attached hydrogens (primary N) is 1. The molecule has 1 aliphatic rings. The fourth-order valence-corrected chi connectivity index (χ4v) is 3.03. The van der Waals surface area contributed by atoms with E-state index >= 15 is 0 Å². The highest BCUT2D eigenvalue weighted by Gasteiger charge is 2.23. The summed E-state index contributed by atoms with van der Waals surface area (Å²) < 4.78 is 5.83. The number of hydrogen-bond acceptors (Lipinski definition) is 3. The number of benzene rings is 1. The molecule has 0 spiro atoms. The van der Waals surface area contributed by atoms with Crippen molar-refractivity contribution in [2.45, 2.75) is 51.1 Å². The maximum atomic E-state index is 6.00. The lowest BCUT2D eigenvalue weighted by Crippen LogP contribution is -2.43. The smallest absolute Gasteiger partial charge is 0.119 e. The van der Waals surface area contributed by atoms with Crippen LogP contribution in [0.3, 0.4) is 0 Å². The van der Waals surface area contributed by atoms with E-state index in [1.165, 1.54) is 32.1 Å². The summed E-state index contributed by atoms with van der Waals surface area (Å²) in [6.45, 7) is 5.20. The third-order valence-corrected chi connectivity index (χ3v) is 4.16. The van der Waals surface area contributed by atoms with Crippen LogP contribution in [0.1, 0.15) is 39.0 Å². The van der Waals surface area contributed by atoms with Crippen molar-refractivity contribution >= 4 is 0 Å². The molecule has 1 aromatic carbocycles. The summed E-state index contributed by atoms with van der Waals surface area (Å²) >= 11 is 0. The predicted molar refractivity (Wildman–Crippen MR) is 84.0 cm³/mol. The molecule has 0 unspecified atom stereocenters. The van der Waals surface area contributed by atoms with Crippen LogP contribution in [0, 0.1) is 0 Å². The Morgan fingerprint density at radius 1 is 1.10 bits per heavy atom. The van der Waals surface area contributed by atoms with E-state index in [0.29, 0.717) is 12.1 Å². The Balaban J connectivity index is 1.77. The van der Waals surface area contributed by atoms with Crippen LogP contribution in [0.4, 0.5) is 0 Å². The van der Waals surface area contributed by atoms with Gasteiger partial charge in [-0.3, -0.25) is 4.90 Å². The molecule has 0 saturated heterocycles. The van der Waals surface area contributed by atoms with Gasteiger partial charge in [-0.2, -0.15) is 0 Å². The van der Waals surface area contributed by atoms with E-state index in [-0.39, 0.29) is 0 Å². The van der Waals surface area contributed by atoms with Crippen LogP contribution in [0.2, 0.25) is 0 Å². The lowest BCUT2D eigenvalue weighted by atomic mass is 9.90. The molecular weight excluding hydrogens is 248 g/mol. The topological polar surface area (TPSA) is 38.5 Å². The van der Waals surface area contributed by atoms with Gasteiger partial charge in [-0.15, -0.1) is 0 Å². The normalized spacial score (nSPS) is 22.9. The zero-order valence-corrected chi connectivity index (χ0v) is 12.6. The molecular formula is C17H28N2O. The maximum absolute atomic E-state index is 6.00. The molecule has 1 aromatic rings. The Morgan fingerprint density at radius 2 is 1.80 bits per heavy atom. The van der Waals surface area contributed by atoms with Gasteiger partial charge in [0.1, 0.15) is 12.4 Å². The molecule has 0 heterocycles. The second-order valence-corrected chi connectivity index (χ2v) is 5.77. The van der Waals surface area contributed by atoms with Gasteiger partial charge in [0, 0.05) is 18.6 Å². The lowest BCUT2D eigenvalue weighted by molar-refractivity contribution is 0.126. The fourth-order valence-electron chi connectivity index (χ4n) is 3.03. The molecule has 112 valence electrons. The summed E-state index contributed by atoms with van der Waals surface area (Å²) in [5, 5.41) is 0. The van der Waals surface area contributed by atoms with E-state index in [0.717, 1.165) is 25.4 Å². The predicted octanol–water partition coefficient (Wildman–Crippen LogP) is 3.05. The van der Waals surface area contributed by atoms with Crippen molar-refractivity contribution in [1.29, 1.82) is 0 Å². The van der Waals surface area contributed by atoms with Gasteiger partial charge in [0.2, 0.25) is 0 Å². The summed E-state index contributed by atoms with van der Waals surface area (Å²) in [5.74, 6) is 0.967. The van der Waals surface area contributed by atoms with Gasteiger partial charge in [-0.05, 0) is 50.8 Å². The van der Waals surface area contributed by atoms with Crippen LogP contribution >= 0.6 is 0 Å². The second kappa shape index (κ2) is 8.28. The van der Waals surface area contributed by atoms with E-state index in [9.17, 15) is 0 Å². The monoisotopic (exact) mass is 276 g/mol. The highest BCUT2D eigenvalue weighted by atomic mass is 16.5. The van der Waals surface area contributed by atoms with E-state index < -0.39 is 0 Å². The van der Waals surface area contributed by atoms with Crippen molar-refractivity contribution in [2.75, 3.05) is 19.7 Å². The van der Waals surface area contributed by atoms with Gasteiger partial charge < -0.3 is 10.5 Å². The van der Waals surface area contributed by atoms with E-state index in [2.05, 4.69) is 11.8 Å². The van der Waals surface area contributed by atoms with E-state index in [1.807, 2.05) is 30.3 Å². The van der Waals surface area contributed by atoms with E-state index in [4.69, 9.17) is 10.5 Å². The number of ether oxygens (including phenoxy) is 1. The lowest BCUT2D eigenvalue weighted by Gasteiger charge is -2.35.